The monoisotopic (exact) mass is 307 g/mol. The van der Waals surface area contributed by atoms with E-state index in [1.807, 2.05) is 17.7 Å². The van der Waals surface area contributed by atoms with E-state index in [0.29, 0.717) is 22.5 Å². The van der Waals surface area contributed by atoms with Crippen molar-refractivity contribution in [1.82, 2.24) is 14.5 Å². The Morgan fingerprint density at radius 1 is 1.20 bits per heavy atom. The highest BCUT2D eigenvalue weighted by atomic mass is 35.5. The summed E-state index contributed by atoms with van der Waals surface area (Å²) < 4.78 is 7.64. The second-order valence-electron chi connectivity index (χ2n) is 4.36. The quantitative estimate of drug-likeness (QED) is 0.738. The molecule has 0 amide bonds. The third kappa shape index (κ3) is 2.44. The lowest BCUT2D eigenvalue weighted by molar-refractivity contribution is 0.297. The number of aromatic nitrogens is 3. The molecule has 0 aliphatic rings. The lowest BCUT2D eigenvalue weighted by Gasteiger charge is -2.09. The molecule has 0 spiro atoms. The summed E-state index contributed by atoms with van der Waals surface area (Å²) >= 11 is 12.1. The minimum Gasteiger partial charge on any atom is -0.471 e. The Hall–Kier alpha value is -1.78. The van der Waals surface area contributed by atoms with Crippen LogP contribution in [0.3, 0.4) is 0 Å². The minimum atomic E-state index is 0.302. The number of benzene rings is 1. The van der Waals surface area contributed by atoms with Gasteiger partial charge in [0.2, 0.25) is 5.88 Å². The van der Waals surface area contributed by atoms with Gasteiger partial charge in [0.05, 0.1) is 11.8 Å². The van der Waals surface area contributed by atoms with Gasteiger partial charge >= 0.3 is 0 Å². The molecule has 0 aliphatic carbocycles. The topological polar surface area (TPSA) is 39.9 Å². The number of rotatable bonds is 3. The van der Waals surface area contributed by atoms with Crippen LogP contribution in [0.5, 0.6) is 5.88 Å². The maximum atomic E-state index is 6.11. The summed E-state index contributed by atoms with van der Waals surface area (Å²) in [4.78, 5) is 8.51. The second kappa shape index (κ2) is 5.31. The molecule has 3 aromatic rings. The molecule has 2 heterocycles. The first-order valence-corrected chi connectivity index (χ1v) is 6.73. The fraction of sp³-hybridized carbons (Fsp3) is 0.143. The van der Waals surface area contributed by atoms with E-state index in [4.69, 9.17) is 27.9 Å². The molecule has 0 atom stereocenters. The Bertz CT molecular complexity index is 770. The molecule has 0 bridgehead atoms. The predicted molar refractivity (Wildman–Crippen MR) is 79.3 cm³/mol. The molecule has 20 heavy (non-hydrogen) atoms. The van der Waals surface area contributed by atoms with Gasteiger partial charge in [0, 0.05) is 28.9 Å². The SMILES string of the molecule is Cn1cnc2ccnc(OCc3cc(Cl)ccc3Cl)c21. The lowest BCUT2D eigenvalue weighted by atomic mass is 10.2. The first-order valence-electron chi connectivity index (χ1n) is 5.98. The number of fused-ring (bicyclic) bond motifs is 1. The van der Waals surface area contributed by atoms with E-state index in [1.54, 1.807) is 30.7 Å². The number of imidazole rings is 1. The van der Waals surface area contributed by atoms with Crippen molar-refractivity contribution in [3.63, 3.8) is 0 Å². The normalized spacial score (nSPS) is 10.9. The molecule has 102 valence electrons. The molecule has 0 fully saturated rings. The fourth-order valence-electron chi connectivity index (χ4n) is 1.97. The highest BCUT2D eigenvalue weighted by Crippen LogP contribution is 2.25. The van der Waals surface area contributed by atoms with Gasteiger partial charge in [-0.3, -0.25) is 0 Å². The molecule has 0 unspecified atom stereocenters. The number of aryl methyl sites for hydroxylation is 1. The van der Waals surface area contributed by atoms with Crippen LogP contribution in [0.1, 0.15) is 5.56 Å². The van der Waals surface area contributed by atoms with Crippen LogP contribution in [0.2, 0.25) is 10.0 Å². The maximum absolute atomic E-state index is 6.11. The first-order chi connectivity index (χ1) is 9.65. The van der Waals surface area contributed by atoms with Crippen LogP contribution < -0.4 is 4.74 Å². The first kappa shape index (κ1) is 13.2. The zero-order chi connectivity index (χ0) is 14.1. The molecule has 0 saturated carbocycles. The minimum absolute atomic E-state index is 0.302. The van der Waals surface area contributed by atoms with E-state index in [1.165, 1.54) is 0 Å². The summed E-state index contributed by atoms with van der Waals surface area (Å²) in [6.45, 7) is 0.302. The van der Waals surface area contributed by atoms with E-state index in [-0.39, 0.29) is 0 Å². The number of hydrogen-bond acceptors (Lipinski definition) is 3. The Labute approximate surface area is 125 Å². The van der Waals surface area contributed by atoms with Gasteiger partial charge < -0.3 is 9.30 Å². The number of hydrogen-bond donors (Lipinski definition) is 0. The highest BCUT2D eigenvalue weighted by molar-refractivity contribution is 6.33. The van der Waals surface area contributed by atoms with Gasteiger partial charge in [0.25, 0.3) is 0 Å². The average Bonchev–Trinajstić information content (AvgIpc) is 2.82. The zero-order valence-electron chi connectivity index (χ0n) is 10.7. The summed E-state index contributed by atoms with van der Waals surface area (Å²) in [7, 11) is 1.90. The van der Waals surface area contributed by atoms with Crippen molar-refractivity contribution in [3.8, 4) is 5.88 Å². The van der Waals surface area contributed by atoms with Gasteiger partial charge in [-0.1, -0.05) is 23.2 Å². The van der Waals surface area contributed by atoms with Crippen molar-refractivity contribution in [3.05, 3.63) is 52.4 Å². The molecule has 2 aromatic heterocycles. The molecule has 1 aromatic carbocycles. The van der Waals surface area contributed by atoms with Crippen LogP contribution in [0.25, 0.3) is 11.0 Å². The molecule has 0 N–H and O–H groups in total. The third-order valence-electron chi connectivity index (χ3n) is 2.96. The van der Waals surface area contributed by atoms with E-state index < -0.39 is 0 Å². The molecular weight excluding hydrogens is 297 g/mol. The average molecular weight is 308 g/mol. The molecule has 0 radical (unpaired) electrons. The highest BCUT2D eigenvalue weighted by Gasteiger charge is 2.10. The van der Waals surface area contributed by atoms with Gasteiger partial charge in [-0.05, 0) is 24.3 Å². The van der Waals surface area contributed by atoms with Gasteiger partial charge in [-0.2, -0.15) is 0 Å². The van der Waals surface area contributed by atoms with E-state index in [0.717, 1.165) is 16.6 Å². The standard InChI is InChI=1S/C14H11Cl2N3O/c1-19-8-18-12-4-5-17-14(13(12)19)20-7-9-6-10(15)2-3-11(9)16/h2-6,8H,7H2,1H3. The number of ether oxygens (including phenoxy) is 1. The van der Waals surface area contributed by atoms with Crippen LogP contribution >= 0.6 is 23.2 Å². The van der Waals surface area contributed by atoms with Crippen molar-refractivity contribution in [1.29, 1.82) is 0 Å². The van der Waals surface area contributed by atoms with Crippen LogP contribution in [-0.4, -0.2) is 14.5 Å². The largest absolute Gasteiger partial charge is 0.471 e. The van der Waals surface area contributed by atoms with Crippen LogP contribution in [0, 0.1) is 0 Å². The predicted octanol–water partition coefficient (Wildman–Crippen LogP) is 3.85. The molecule has 3 rings (SSSR count). The van der Waals surface area contributed by atoms with E-state index in [2.05, 4.69) is 9.97 Å². The summed E-state index contributed by atoms with van der Waals surface area (Å²) in [5.74, 6) is 0.526. The van der Waals surface area contributed by atoms with Gasteiger partial charge in [0.1, 0.15) is 12.1 Å². The van der Waals surface area contributed by atoms with Gasteiger partial charge in [0.15, 0.2) is 0 Å². The molecule has 6 heteroatoms. The zero-order valence-corrected chi connectivity index (χ0v) is 12.2. The smallest absolute Gasteiger partial charge is 0.240 e. The third-order valence-corrected chi connectivity index (χ3v) is 3.57. The molecule has 4 nitrogen and oxygen atoms in total. The number of pyridine rings is 1. The van der Waals surface area contributed by atoms with Crippen LogP contribution in [0.15, 0.2) is 36.8 Å². The van der Waals surface area contributed by atoms with Crippen molar-refractivity contribution < 1.29 is 4.74 Å². The summed E-state index contributed by atoms with van der Waals surface area (Å²) in [6.07, 6.45) is 3.40. The van der Waals surface area contributed by atoms with Crippen molar-refractivity contribution in [2.75, 3.05) is 0 Å². The molecule has 0 saturated heterocycles. The second-order valence-corrected chi connectivity index (χ2v) is 5.21. The Balaban J connectivity index is 1.90. The summed E-state index contributed by atoms with van der Waals surface area (Å²) in [5.41, 5.74) is 2.51. The number of halogens is 2. The van der Waals surface area contributed by atoms with Crippen LogP contribution in [-0.2, 0) is 13.7 Å². The lowest BCUT2D eigenvalue weighted by Crippen LogP contribution is -2.00. The Morgan fingerprint density at radius 2 is 2.05 bits per heavy atom. The maximum Gasteiger partial charge on any atom is 0.240 e. The van der Waals surface area contributed by atoms with Crippen molar-refractivity contribution in [2.24, 2.45) is 7.05 Å². The van der Waals surface area contributed by atoms with Gasteiger partial charge in [-0.15, -0.1) is 0 Å². The van der Waals surface area contributed by atoms with Crippen molar-refractivity contribution in [2.45, 2.75) is 6.61 Å². The van der Waals surface area contributed by atoms with E-state index in [9.17, 15) is 0 Å². The summed E-state index contributed by atoms with van der Waals surface area (Å²) in [5, 5.41) is 1.24. The van der Waals surface area contributed by atoms with E-state index >= 15 is 0 Å². The Morgan fingerprint density at radius 3 is 2.90 bits per heavy atom. The fourth-order valence-corrected chi connectivity index (χ4v) is 2.34. The summed E-state index contributed by atoms with van der Waals surface area (Å²) in [6, 6.07) is 7.12. The van der Waals surface area contributed by atoms with Gasteiger partial charge in [-0.25, -0.2) is 9.97 Å². The molecular formula is C14H11Cl2N3O. The number of nitrogens with zero attached hydrogens (tertiary/aromatic N) is 3. The van der Waals surface area contributed by atoms with Crippen molar-refractivity contribution >= 4 is 34.2 Å². The van der Waals surface area contributed by atoms with Crippen LogP contribution in [0.4, 0.5) is 0 Å². The molecule has 0 aliphatic heterocycles. The Kier molecular flexibility index (Phi) is 3.51.